The lowest BCUT2D eigenvalue weighted by Gasteiger charge is -2.29. The molecule has 5 heteroatoms. The van der Waals surface area contributed by atoms with Gasteiger partial charge in [0.15, 0.2) is 0 Å². The summed E-state index contributed by atoms with van der Waals surface area (Å²) >= 11 is 0. The fraction of sp³-hybridized carbons (Fsp3) is 0.611. The lowest BCUT2D eigenvalue weighted by Crippen LogP contribution is -2.42. The van der Waals surface area contributed by atoms with E-state index in [1.807, 2.05) is 45.9 Å². The first kappa shape index (κ1) is 17.4. The zero-order valence-corrected chi connectivity index (χ0v) is 14.7. The van der Waals surface area contributed by atoms with Gasteiger partial charge in [-0.1, -0.05) is 6.07 Å². The van der Waals surface area contributed by atoms with Crippen molar-refractivity contribution in [2.45, 2.75) is 58.6 Å². The number of likely N-dealkylation sites (tertiary alicyclic amines) is 1. The van der Waals surface area contributed by atoms with Crippen molar-refractivity contribution in [3.8, 4) is 0 Å². The van der Waals surface area contributed by atoms with Crippen LogP contribution >= 0.6 is 0 Å². The summed E-state index contributed by atoms with van der Waals surface area (Å²) in [5.74, 6) is 0. The standard InChI is InChI=1S/C18H29N3O2/c1-13-8-9-16(15(19)11-13)20-14-7-5-6-10-21(12-14)17(22)23-18(2,3)4/h8-9,11,14,20H,5-7,10,12,19H2,1-4H3/t14-/m1/s1. The fourth-order valence-corrected chi connectivity index (χ4v) is 2.79. The summed E-state index contributed by atoms with van der Waals surface area (Å²) in [6.45, 7) is 9.09. The Hall–Kier alpha value is -1.91. The van der Waals surface area contributed by atoms with Crippen LogP contribution in [0.4, 0.5) is 16.2 Å². The van der Waals surface area contributed by atoms with Gasteiger partial charge in [0.1, 0.15) is 5.60 Å². The molecule has 1 aliphatic rings. The van der Waals surface area contributed by atoms with Gasteiger partial charge < -0.3 is 20.7 Å². The molecule has 1 heterocycles. The first-order valence-corrected chi connectivity index (χ1v) is 8.35. The highest BCUT2D eigenvalue weighted by Crippen LogP contribution is 2.23. The molecule has 1 aromatic carbocycles. The third kappa shape index (κ3) is 5.34. The number of nitrogens with one attached hydrogen (secondary N) is 1. The number of nitrogens with zero attached hydrogens (tertiary/aromatic N) is 1. The van der Waals surface area contributed by atoms with Crippen molar-refractivity contribution in [3.05, 3.63) is 23.8 Å². The summed E-state index contributed by atoms with van der Waals surface area (Å²) in [6.07, 6.45) is 2.87. The highest BCUT2D eigenvalue weighted by molar-refractivity contribution is 5.69. The molecule has 1 saturated heterocycles. The van der Waals surface area contributed by atoms with Crippen LogP contribution in [0.5, 0.6) is 0 Å². The van der Waals surface area contributed by atoms with Gasteiger partial charge in [0.2, 0.25) is 0 Å². The molecule has 0 aromatic heterocycles. The maximum atomic E-state index is 12.3. The van der Waals surface area contributed by atoms with Crippen molar-refractivity contribution >= 4 is 17.5 Å². The van der Waals surface area contributed by atoms with Gasteiger partial charge in [-0.2, -0.15) is 0 Å². The van der Waals surface area contributed by atoms with Crippen LogP contribution in [0.2, 0.25) is 0 Å². The summed E-state index contributed by atoms with van der Waals surface area (Å²) in [5, 5.41) is 3.49. The largest absolute Gasteiger partial charge is 0.444 e. The summed E-state index contributed by atoms with van der Waals surface area (Å²) in [4.78, 5) is 14.1. The number of amides is 1. The molecule has 2 rings (SSSR count). The van der Waals surface area contributed by atoms with Gasteiger partial charge in [-0.15, -0.1) is 0 Å². The Morgan fingerprint density at radius 1 is 1.35 bits per heavy atom. The summed E-state index contributed by atoms with van der Waals surface area (Å²) in [6, 6.07) is 6.20. The van der Waals surface area contributed by atoms with E-state index in [0.717, 1.165) is 42.7 Å². The van der Waals surface area contributed by atoms with Crippen molar-refractivity contribution in [2.24, 2.45) is 0 Å². The quantitative estimate of drug-likeness (QED) is 0.814. The molecule has 0 saturated carbocycles. The molecule has 1 aromatic rings. The minimum absolute atomic E-state index is 0.190. The second-order valence-electron chi connectivity index (χ2n) is 7.35. The highest BCUT2D eigenvalue weighted by atomic mass is 16.6. The van der Waals surface area contributed by atoms with E-state index in [0.29, 0.717) is 6.54 Å². The molecule has 1 atom stereocenters. The van der Waals surface area contributed by atoms with Crippen LogP contribution in [0.15, 0.2) is 18.2 Å². The molecule has 0 spiro atoms. The maximum Gasteiger partial charge on any atom is 0.410 e. The number of ether oxygens (including phenoxy) is 1. The van der Waals surface area contributed by atoms with E-state index in [-0.39, 0.29) is 12.1 Å². The van der Waals surface area contributed by atoms with Gasteiger partial charge in [-0.25, -0.2) is 4.79 Å². The minimum Gasteiger partial charge on any atom is -0.444 e. The first-order valence-electron chi connectivity index (χ1n) is 8.35. The SMILES string of the molecule is Cc1ccc(N[C@@H]2CCCCN(C(=O)OC(C)(C)C)C2)c(N)c1. The molecule has 0 aliphatic carbocycles. The number of nitrogens with two attached hydrogens (primary N) is 1. The Balaban J connectivity index is 2.03. The molecule has 1 amide bonds. The fourth-order valence-electron chi connectivity index (χ4n) is 2.79. The molecule has 3 N–H and O–H groups in total. The zero-order valence-electron chi connectivity index (χ0n) is 14.7. The van der Waals surface area contributed by atoms with Crippen molar-refractivity contribution < 1.29 is 9.53 Å². The van der Waals surface area contributed by atoms with E-state index in [1.54, 1.807) is 4.90 Å². The number of aryl methyl sites for hydroxylation is 1. The molecule has 0 bridgehead atoms. The lowest BCUT2D eigenvalue weighted by molar-refractivity contribution is 0.0252. The van der Waals surface area contributed by atoms with E-state index < -0.39 is 5.60 Å². The van der Waals surface area contributed by atoms with Gasteiger partial charge in [0.25, 0.3) is 0 Å². The second-order valence-corrected chi connectivity index (χ2v) is 7.35. The second kappa shape index (κ2) is 7.11. The van der Waals surface area contributed by atoms with Crippen molar-refractivity contribution in [2.75, 3.05) is 24.1 Å². The van der Waals surface area contributed by atoms with Crippen LogP contribution in [-0.4, -0.2) is 35.7 Å². The molecule has 128 valence electrons. The normalized spacial score (nSPS) is 19.1. The smallest absolute Gasteiger partial charge is 0.410 e. The number of carbonyl (C=O) groups is 1. The van der Waals surface area contributed by atoms with Crippen molar-refractivity contribution in [3.63, 3.8) is 0 Å². The van der Waals surface area contributed by atoms with E-state index in [9.17, 15) is 4.79 Å². The van der Waals surface area contributed by atoms with Gasteiger partial charge >= 0.3 is 6.09 Å². The Morgan fingerprint density at radius 3 is 2.74 bits per heavy atom. The number of rotatable bonds is 2. The molecule has 5 nitrogen and oxygen atoms in total. The summed E-state index contributed by atoms with van der Waals surface area (Å²) in [7, 11) is 0. The molecule has 1 aliphatic heterocycles. The number of carbonyl (C=O) groups excluding carboxylic acids is 1. The topological polar surface area (TPSA) is 67.6 Å². The Morgan fingerprint density at radius 2 is 2.09 bits per heavy atom. The average molecular weight is 319 g/mol. The Labute approximate surface area is 139 Å². The third-order valence-corrected chi connectivity index (χ3v) is 3.89. The predicted molar refractivity (Wildman–Crippen MR) is 94.7 cm³/mol. The van der Waals surface area contributed by atoms with Crippen LogP contribution in [-0.2, 0) is 4.74 Å². The van der Waals surface area contributed by atoms with Gasteiger partial charge in [-0.05, 0) is 64.7 Å². The van der Waals surface area contributed by atoms with E-state index >= 15 is 0 Å². The van der Waals surface area contributed by atoms with E-state index in [4.69, 9.17) is 10.5 Å². The number of benzene rings is 1. The maximum absolute atomic E-state index is 12.3. The summed E-state index contributed by atoms with van der Waals surface area (Å²) in [5.41, 5.74) is 8.45. The molecule has 23 heavy (non-hydrogen) atoms. The van der Waals surface area contributed by atoms with Crippen molar-refractivity contribution in [1.82, 2.24) is 4.90 Å². The van der Waals surface area contributed by atoms with Crippen molar-refractivity contribution in [1.29, 1.82) is 0 Å². The number of anilines is 2. The van der Waals surface area contributed by atoms with Crippen LogP contribution in [0, 0.1) is 6.92 Å². The summed E-state index contributed by atoms with van der Waals surface area (Å²) < 4.78 is 5.51. The number of nitrogen functional groups attached to an aromatic ring is 1. The van der Waals surface area contributed by atoms with Crippen LogP contribution in [0.3, 0.4) is 0 Å². The monoisotopic (exact) mass is 319 g/mol. The zero-order chi connectivity index (χ0) is 17.0. The Kier molecular flexibility index (Phi) is 5.39. The minimum atomic E-state index is -0.465. The number of hydrogen-bond donors (Lipinski definition) is 2. The number of hydrogen-bond acceptors (Lipinski definition) is 4. The van der Waals surface area contributed by atoms with Crippen LogP contribution in [0.25, 0.3) is 0 Å². The van der Waals surface area contributed by atoms with Gasteiger partial charge in [0, 0.05) is 19.1 Å². The molecule has 1 fully saturated rings. The van der Waals surface area contributed by atoms with Gasteiger partial charge in [0.05, 0.1) is 11.4 Å². The molecule has 0 radical (unpaired) electrons. The Bertz CT molecular complexity index is 552. The molecular weight excluding hydrogens is 290 g/mol. The van der Waals surface area contributed by atoms with Crippen LogP contribution in [0.1, 0.15) is 45.6 Å². The predicted octanol–water partition coefficient (Wildman–Crippen LogP) is 3.78. The van der Waals surface area contributed by atoms with Crippen LogP contribution < -0.4 is 11.1 Å². The van der Waals surface area contributed by atoms with E-state index in [1.165, 1.54) is 0 Å². The highest BCUT2D eigenvalue weighted by Gasteiger charge is 2.26. The molecular formula is C18H29N3O2. The lowest BCUT2D eigenvalue weighted by atomic mass is 10.1. The van der Waals surface area contributed by atoms with Gasteiger partial charge in [-0.3, -0.25) is 0 Å². The third-order valence-electron chi connectivity index (χ3n) is 3.89. The van der Waals surface area contributed by atoms with E-state index in [2.05, 4.69) is 5.32 Å². The average Bonchev–Trinajstić information content (AvgIpc) is 2.66. The molecule has 0 unspecified atom stereocenters. The first-order chi connectivity index (χ1) is 10.7.